The number of carbonyl (C=O) groups excluding carboxylic acids is 3. The fourth-order valence-corrected chi connectivity index (χ4v) is 5.71. The van der Waals surface area contributed by atoms with E-state index >= 15 is 0 Å². The summed E-state index contributed by atoms with van der Waals surface area (Å²) in [7, 11) is 2.08. The molecule has 2 aliphatic heterocycles. The fraction of sp³-hybridized carbons (Fsp3) is 0.333. The number of benzene rings is 2. The number of carbonyl (C=O) groups is 4. The Hall–Kier alpha value is -4.67. The lowest BCUT2D eigenvalue weighted by molar-refractivity contribution is -0.192. The fourth-order valence-electron chi connectivity index (χ4n) is 4.72. The van der Waals surface area contributed by atoms with Gasteiger partial charge in [-0.2, -0.15) is 13.2 Å². The van der Waals surface area contributed by atoms with Crippen LogP contribution in [0.1, 0.15) is 36.7 Å². The molecule has 2 aromatic carbocycles. The first-order chi connectivity index (χ1) is 23.6. The molecule has 50 heavy (non-hydrogen) atoms. The molecule has 3 heterocycles. The number of amidine groups is 1. The second kappa shape index (κ2) is 16.4. The minimum Gasteiger partial charge on any atom is -0.475 e. The number of aliphatic carboxylic acids is 1. The summed E-state index contributed by atoms with van der Waals surface area (Å²) < 4.78 is 37.1. The molecule has 266 valence electrons. The Morgan fingerprint density at radius 3 is 2.46 bits per heavy atom. The van der Waals surface area contributed by atoms with Gasteiger partial charge in [0, 0.05) is 49.4 Å². The maximum Gasteiger partial charge on any atom is 0.490 e. The van der Waals surface area contributed by atoms with Crippen molar-refractivity contribution in [2.75, 3.05) is 50.1 Å². The number of alkyl halides is 3. The van der Waals surface area contributed by atoms with Crippen molar-refractivity contribution >= 4 is 86.3 Å². The van der Waals surface area contributed by atoms with E-state index in [-0.39, 0.29) is 24.3 Å². The summed E-state index contributed by atoms with van der Waals surface area (Å²) in [5, 5.41) is 14.3. The molecule has 12 nitrogen and oxygen atoms in total. The molecule has 5 rings (SSSR count). The number of amides is 2. The highest BCUT2D eigenvalue weighted by Gasteiger charge is 2.38. The van der Waals surface area contributed by atoms with E-state index in [1.165, 1.54) is 11.8 Å². The average Bonchev–Trinajstić information content (AvgIpc) is 3.40. The van der Waals surface area contributed by atoms with Crippen molar-refractivity contribution in [3.05, 3.63) is 63.6 Å². The van der Waals surface area contributed by atoms with E-state index in [9.17, 15) is 27.6 Å². The number of esters is 1. The molecule has 0 spiro atoms. The third-order valence-electron chi connectivity index (χ3n) is 7.33. The summed E-state index contributed by atoms with van der Waals surface area (Å²) in [5.41, 5.74) is 3.73. The normalized spacial score (nSPS) is 16.7. The van der Waals surface area contributed by atoms with Gasteiger partial charge >= 0.3 is 18.1 Å². The number of nitrogens with one attached hydrogen (secondary N) is 2. The first-order valence-electron chi connectivity index (χ1n) is 15.3. The Morgan fingerprint density at radius 2 is 1.84 bits per heavy atom. The van der Waals surface area contributed by atoms with Gasteiger partial charge in [0.2, 0.25) is 5.91 Å². The number of carboxylic acid groups (broad SMARTS) is 1. The molecule has 2 amide bonds. The summed E-state index contributed by atoms with van der Waals surface area (Å²) in [6.45, 7) is 8.92. The Labute approximate surface area is 294 Å². The summed E-state index contributed by atoms with van der Waals surface area (Å²) >= 11 is 7.56. The van der Waals surface area contributed by atoms with Crippen LogP contribution in [0.25, 0.3) is 17.0 Å². The van der Waals surface area contributed by atoms with Crippen molar-refractivity contribution in [2.45, 2.75) is 26.9 Å². The Morgan fingerprint density at radius 1 is 1.16 bits per heavy atom. The van der Waals surface area contributed by atoms with Crippen LogP contribution in [0.4, 0.5) is 30.2 Å². The number of halogens is 4. The van der Waals surface area contributed by atoms with Crippen LogP contribution < -0.4 is 15.5 Å². The van der Waals surface area contributed by atoms with E-state index in [0.717, 1.165) is 48.3 Å². The predicted molar refractivity (Wildman–Crippen MR) is 187 cm³/mol. The predicted octanol–water partition coefficient (Wildman–Crippen LogP) is 5.94. The van der Waals surface area contributed by atoms with E-state index in [2.05, 4.69) is 37.5 Å². The molecule has 2 aliphatic rings. The van der Waals surface area contributed by atoms with Crippen LogP contribution in [0, 0.1) is 5.92 Å². The van der Waals surface area contributed by atoms with E-state index in [1.54, 1.807) is 37.4 Å². The van der Waals surface area contributed by atoms with Gasteiger partial charge in [-0.3, -0.25) is 14.6 Å². The summed E-state index contributed by atoms with van der Waals surface area (Å²) in [5.74, 6) is -3.75. The molecule has 0 radical (unpaired) electrons. The SMILES string of the molecule is CCOC(=O)c1cnc2ccc(/C=C3\SC(=Nc4cc(NC(=O)C(C)C)ccc4Cl)NC3=O)cc2c1N1CCN(C)CC1.O=C(O)C(F)(F)F. The largest absolute Gasteiger partial charge is 0.490 e. The third-order valence-corrected chi connectivity index (χ3v) is 8.56. The smallest absolute Gasteiger partial charge is 0.475 e. The number of fused-ring (bicyclic) bond motifs is 1. The number of thioether (sulfide) groups is 1. The number of anilines is 2. The minimum atomic E-state index is -5.08. The number of ether oxygens (including phenoxy) is 1. The van der Waals surface area contributed by atoms with Gasteiger partial charge < -0.3 is 30.3 Å². The van der Waals surface area contributed by atoms with Crippen LogP contribution in [-0.2, 0) is 19.1 Å². The number of rotatable bonds is 7. The highest BCUT2D eigenvalue weighted by molar-refractivity contribution is 8.18. The molecule has 0 bridgehead atoms. The molecular weight excluding hydrogens is 701 g/mol. The van der Waals surface area contributed by atoms with E-state index in [4.69, 9.17) is 26.2 Å². The maximum absolute atomic E-state index is 12.9. The number of aliphatic imine (C=N–C) groups is 1. The molecule has 3 aromatic rings. The quantitative estimate of drug-likeness (QED) is 0.197. The standard InChI is InChI=1S/C31H33ClN6O4S.C2HF3O2/c1-5-42-30(41)22-17-33-24-9-6-19(14-21(24)27(22)38-12-10-37(4)11-13-38)15-26-29(40)36-31(43-26)35-25-16-20(7-8-23(25)32)34-28(39)18(2)3;3-2(4,5)1(6)7/h6-9,14-18H,5,10-13H2,1-4H3,(H,34,39)(H,35,36,40);(H,6,7)/b26-15-;. The number of piperazine rings is 1. The zero-order chi connectivity index (χ0) is 36.7. The van der Waals surface area contributed by atoms with Crippen molar-refractivity contribution < 1.29 is 42.2 Å². The second-order valence-electron chi connectivity index (χ2n) is 11.4. The molecule has 0 aliphatic carbocycles. The lowest BCUT2D eigenvalue weighted by Crippen LogP contribution is -2.45. The third kappa shape index (κ3) is 9.73. The Kier molecular flexibility index (Phi) is 12.5. The summed E-state index contributed by atoms with van der Waals surface area (Å²) in [6, 6.07) is 10.8. The number of nitrogens with zero attached hydrogens (tertiary/aromatic N) is 4. The molecule has 0 saturated carbocycles. The zero-order valence-electron chi connectivity index (χ0n) is 27.4. The van der Waals surface area contributed by atoms with Crippen LogP contribution >= 0.6 is 23.4 Å². The van der Waals surface area contributed by atoms with Gasteiger partial charge in [-0.25, -0.2) is 14.6 Å². The van der Waals surface area contributed by atoms with Gasteiger partial charge in [0.05, 0.1) is 33.4 Å². The molecule has 1 aromatic heterocycles. The average molecular weight is 735 g/mol. The Bertz CT molecular complexity index is 1860. The van der Waals surface area contributed by atoms with Crippen LogP contribution in [0.15, 0.2) is 52.5 Å². The van der Waals surface area contributed by atoms with Gasteiger partial charge in [-0.15, -0.1) is 0 Å². The van der Waals surface area contributed by atoms with Gasteiger partial charge in [-0.05, 0) is 67.7 Å². The molecular formula is C33H34ClF3N6O6S. The monoisotopic (exact) mass is 734 g/mol. The van der Waals surface area contributed by atoms with Crippen molar-refractivity contribution in [3.63, 3.8) is 0 Å². The number of carboxylic acids is 1. The van der Waals surface area contributed by atoms with Gasteiger partial charge in [0.15, 0.2) is 5.17 Å². The first-order valence-corrected chi connectivity index (χ1v) is 16.5. The Balaban J connectivity index is 0.000000727. The molecule has 0 atom stereocenters. The van der Waals surface area contributed by atoms with Gasteiger partial charge in [0.25, 0.3) is 5.91 Å². The highest BCUT2D eigenvalue weighted by atomic mass is 35.5. The molecule has 2 fully saturated rings. The van der Waals surface area contributed by atoms with Crippen LogP contribution in [0.2, 0.25) is 5.02 Å². The second-order valence-corrected chi connectivity index (χ2v) is 12.8. The number of aromatic nitrogens is 1. The molecule has 0 unspecified atom stereocenters. The molecule has 2 saturated heterocycles. The minimum absolute atomic E-state index is 0.120. The number of pyridine rings is 1. The molecule has 17 heteroatoms. The van der Waals surface area contributed by atoms with Gasteiger partial charge in [0.1, 0.15) is 5.56 Å². The number of likely N-dealkylation sites (N-methyl/N-ethyl adjacent to an activating group) is 1. The molecule has 3 N–H and O–H groups in total. The van der Waals surface area contributed by atoms with Crippen molar-refractivity contribution in [1.29, 1.82) is 0 Å². The highest BCUT2D eigenvalue weighted by Crippen LogP contribution is 2.35. The van der Waals surface area contributed by atoms with E-state index < -0.39 is 18.1 Å². The van der Waals surface area contributed by atoms with Crippen molar-refractivity contribution in [1.82, 2.24) is 15.2 Å². The first kappa shape index (κ1) is 38.1. The van der Waals surface area contributed by atoms with Crippen molar-refractivity contribution in [3.8, 4) is 0 Å². The van der Waals surface area contributed by atoms with Gasteiger partial charge in [-0.1, -0.05) is 31.5 Å². The number of hydrogen-bond donors (Lipinski definition) is 3. The lowest BCUT2D eigenvalue weighted by atomic mass is 10.0. The lowest BCUT2D eigenvalue weighted by Gasteiger charge is -2.35. The topological polar surface area (TPSA) is 154 Å². The number of hydrogen-bond acceptors (Lipinski definition) is 10. The zero-order valence-corrected chi connectivity index (χ0v) is 29.0. The maximum atomic E-state index is 12.9. The van der Waals surface area contributed by atoms with Crippen LogP contribution in [-0.4, -0.2) is 89.9 Å². The van der Waals surface area contributed by atoms with Crippen LogP contribution in [0.5, 0.6) is 0 Å². The van der Waals surface area contributed by atoms with Crippen LogP contribution in [0.3, 0.4) is 0 Å². The summed E-state index contributed by atoms with van der Waals surface area (Å²) in [4.78, 5) is 60.9. The van der Waals surface area contributed by atoms with E-state index in [0.29, 0.717) is 32.0 Å². The van der Waals surface area contributed by atoms with E-state index in [1.807, 2.05) is 32.0 Å². The van der Waals surface area contributed by atoms with Crippen molar-refractivity contribution in [2.24, 2.45) is 10.9 Å². The summed E-state index contributed by atoms with van der Waals surface area (Å²) in [6.07, 6.45) is -1.71.